The maximum Gasteiger partial charge on any atom is 0.257 e. The van der Waals surface area contributed by atoms with E-state index in [1.54, 1.807) is 0 Å². The van der Waals surface area contributed by atoms with Gasteiger partial charge in [0, 0.05) is 37.1 Å². The van der Waals surface area contributed by atoms with Crippen LogP contribution in [0.15, 0.2) is 18.2 Å². The number of hydrogen-bond acceptors (Lipinski definition) is 4. The van der Waals surface area contributed by atoms with Gasteiger partial charge < -0.3 is 20.2 Å². The van der Waals surface area contributed by atoms with E-state index in [0.29, 0.717) is 5.56 Å². The van der Waals surface area contributed by atoms with E-state index < -0.39 is 6.10 Å². The number of aliphatic hydroxyl groups excluding tert-OH is 1. The van der Waals surface area contributed by atoms with Crippen molar-refractivity contribution in [1.82, 2.24) is 4.90 Å². The summed E-state index contributed by atoms with van der Waals surface area (Å²) in [6.07, 6.45) is 1.60. The fourth-order valence-electron chi connectivity index (χ4n) is 2.90. The van der Waals surface area contributed by atoms with Crippen LogP contribution in [-0.4, -0.2) is 49.1 Å². The number of likely N-dealkylation sites (N-methyl/N-ethyl adjacent to an activating group) is 1. The number of rotatable bonds is 4. The van der Waals surface area contributed by atoms with Crippen molar-refractivity contribution in [3.63, 3.8) is 0 Å². The van der Waals surface area contributed by atoms with Crippen molar-refractivity contribution in [2.75, 3.05) is 43.4 Å². The molecule has 0 spiro atoms. The third-order valence-corrected chi connectivity index (χ3v) is 4.23. The summed E-state index contributed by atoms with van der Waals surface area (Å²) in [6.45, 7) is 4.46. The van der Waals surface area contributed by atoms with Gasteiger partial charge in [-0.25, -0.2) is 0 Å². The average molecular weight is 275 g/mol. The van der Waals surface area contributed by atoms with E-state index in [1.165, 1.54) is 25.9 Å². The molecule has 2 heterocycles. The number of fused-ring (bicyclic) bond motifs is 1. The number of carbonyl (C=O) groups excluding carboxylic acids is 1. The minimum absolute atomic E-state index is 0.336. The molecule has 0 bridgehead atoms. The lowest BCUT2D eigenvalue weighted by molar-refractivity contribution is -0.123. The average Bonchev–Trinajstić information content (AvgIpc) is 3.05. The minimum atomic E-state index is -1.02. The molecular formula is C15H21N3O2. The Bertz CT molecular complexity index is 512. The summed E-state index contributed by atoms with van der Waals surface area (Å²) in [6, 6.07) is 5.74. The molecule has 1 amide bonds. The predicted octanol–water partition coefficient (Wildman–Crippen LogP) is 1.20. The second-order valence-electron chi connectivity index (χ2n) is 5.63. The normalized spacial score (nSPS) is 21.9. The standard InChI is InChI=1S/C15H21N3O2/c1-17(8-9-18-6-2-3-7-18)11-4-5-12-13(10-11)16-15(20)14(12)19/h4-5,10,14,19H,2-3,6-9H2,1H3,(H,16,20). The van der Waals surface area contributed by atoms with Gasteiger partial charge in [-0.2, -0.15) is 0 Å². The fraction of sp³-hybridized carbons (Fsp3) is 0.533. The first-order valence-electron chi connectivity index (χ1n) is 7.21. The first-order chi connectivity index (χ1) is 9.65. The Balaban J connectivity index is 1.65. The SMILES string of the molecule is CN(CCN1CCCC1)c1ccc2c(c1)NC(=O)C2O. The molecule has 0 aliphatic carbocycles. The zero-order chi connectivity index (χ0) is 14.1. The van der Waals surface area contributed by atoms with E-state index in [4.69, 9.17) is 0 Å². The molecule has 2 N–H and O–H groups in total. The van der Waals surface area contributed by atoms with Gasteiger partial charge in [0.15, 0.2) is 6.10 Å². The van der Waals surface area contributed by atoms with Crippen molar-refractivity contribution in [2.45, 2.75) is 18.9 Å². The number of amides is 1. The van der Waals surface area contributed by atoms with Crippen LogP contribution in [0.4, 0.5) is 11.4 Å². The topological polar surface area (TPSA) is 55.8 Å². The van der Waals surface area contributed by atoms with Crippen LogP contribution in [0.5, 0.6) is 0 Å². The maximum absolute atomic E-state index is 11.4. The van der Waals surface area contributed by atoms with Gasteiger partial charge in [0.2, 0.25) is 0 Å². The molecule has 2 aliphatic rings. The highest BCUT2D eigenvalue weighted by atomic mass is 16.3. The van der Waals surface area contributed by atoms with Crippen molar-refractivity contribution in [2.24, 2.45) is 0 Å². The minimum Gasteiger partial charge on any atom is -0.378 e. The number of nitrogens with zero attached hydrogens (tertiary/aromatic N) is 2. The van der Waals surface area contributed by atoms with Crippen LogP contribution in [0.3, 0.4) is 0 Å². The van der Waals surface area contributed by atoms with Gasteiger partial charge in [0.05, 0.1) is 0 Å². The summed E-state index contributed by atoms with van der Waals surface area (Å²) in [4.78, 5) is 16.1. The molecule has 1 atom stereocenters. The Morgan fingerprint density at radius 1 is 1.40 bits per heavy atom. The summed E-state index contributed by atoms with van der Waals surface area (Å²) in [7, 11) is 2.06. The summed E-state index contributed by atoms with van der Waals surface area (Å²) < 4.78 is 0. The molecule has 1 aromatic carbocycles. The fourth-order valence-corrected chi connectivity index (χ4v) is 2.90. The molecule has 5 heteroatoms. The van der Waals surface area contributed by atoms with Crippen LogP contribution < -0.4 is 10.2 Å². The highest BCUT2D eigenvalue weighted by Crippen LogP contribution is 2.33. The third kappa shape index (κ3) is 2.51. The van der Waals surface area contributed by atoms with Crippen molar-refractivity contribution in [1.29, 1.82) is 0 Å². The molecule has 0 aromatic heterocycles. The Hall–Kier alpha value is -1.59. The summed E-state index contributed by atoms with van der Waals surface area (Å²) in [5.41, 5.74) is 2.47. The molecule has 5 nitrogen and oxygen atoms in total. The molecule has 2 aliphatic heterocycles. The van der Waals surface area contributed by atoms with Gasteiger partial charge in [-0.05, 0) is 38.1 Å². The van der Waals surface area contributed by atoms with Crippen LogP contribution in [0.2, 0.25) is 0 Å². The van der Waals surface area contributed by atoms with Gasteiger partial charge >= 0.3 is 0 Å². The number of anilines is 2. The van der Waals surface area contributed by atoms with Crippen LogP contribution in [0.1, 0.15) is 24.5 Å². The number of nitrogens with one attached hydrogen (secondary N) is 1. The van der Waals surface area contributed by atoms with Gasteiger partial charge in [-0.3, -0.25) is 4.79 Å². The van der Waals surface area contributed by atoms with E-state index in [-0.39, 0.29) is 5.91 Å². The second-order valence-corrected chi connectivity index (χ2v) is 5.63. The number of likely N-dealkylation sites (tertiary alicyclic amines) is 1. The Morgan fingerprint density at radius 2 is 2.15 bits per heavy atom. The van der Waals surface area contributed by atoms with E-state index >= 15 is 0 Å². The van der Waals surface area contributed by atoms with Crippen molar-refractivity contribution in [3.05, 3.63) is 23.8 Å². The van der Waals surface area contributed by atoms with Crippen molar-refractivity contribution < 1.29 is 9.90 Å². The van der Waals surface area contributed by atoms with Gasteiger partial charge in [-0.15, -0.1) is 0 Å². The molecule has 1 fully saturated rings. The molecule has 1 aromatic rings. The van der Waals surface area contributed by atoms with Crippen LogP contribution in [0, 0.1) is 0 Å². The Labute approximate surface area is 119 Å². The van der Waals surface area contributed by atoms with E-state index in [0.717, 1.165) is 24.5 Å². The smallest absolute Gasteiger partial charge is 0.257 e. The Morgan fingerprint density at radius 3 is 2.90 bits per heavy atom. The largest absolute Gasteiger partial charge is 0.378 e. The maximum atomic E-state index is 11.4. The lowest BCUT2D eigenvalue weighted by atomic mass is 10.1. The number of hydrogen-bond donors (Lipinski definition) is 2. The summed E-state index contributed by atoms with van der Waals surface area (Å²) >= 11 is 0. The molecule has 1 saturated heterocycles. The molecule has 3 rings (SSSR count). The lowest BCUT2D eigenvalue weighted by Gasteiger charge is -2.23. The monoisotopic (exact) mass is 275 g/mol. The zero-order valence-electron chi connectivity index (χ0n) is 11.8. The van der Waals surface area contributed by atoms with Crippen molar-refractivity contribution in [3.8, 4) is 0 Å². The van der Waals surface area contributed by atoms with E-state index in [2.05, 4.69) is 22.2 Å². The molecule has 0 radical (unpaired) electrons. The third-order valence-electron chi connectivity index (χ3n) is 4.23. The van der Waals surface area contributed by atoms with Crippen LogP contribution in [-0.2, 0) is 4.79 Å². The first-order valence-corrected chi connectivity index (χ1v) is 7.21. The quantitative estimate of drug-likeness (QED) is 0.867. The molecule has 0 saturated carbocycles. The highest BCUT2D eigenvalue weighted by molar-refractivity contribution is 6.02. The van der Waals surface area contributed by atoms with Crippen LogP contribution in [0.25, 0.3) is 0 Å². The van der Waals surface area contributed by atoms with E-state index in [9.17, 15) is 9.90 Å². The van der Waals surface area contributed by atoms with Crippen LogP contribution >= 0.6 is 0 Å². The molecule has 108 valence electrons. The molecule has 1 unspecified atom stereocenters. The lowest BCUT2D eigenvalue weighted by Crippen LogP contribution is -2.31. The second kappa shape index (κ2) is 5.42. The van der Waals surface area contributed by atoms with Gasteiger partial charge in [0.25, 0.3) is 5.91 Å². The number of carbonyl (C=O) groups is 1. The van der Waals surface area contributed by atoms with E-state index in [1.807, 2.05) is 18.2 Å². The number of benzene rings is 1. The highest BCUT2D eigenvalue weighted by Gasteiger charge is 2.28. The summed E-state index contributed by atoms with van der Waals surface area (Å²) in [5, 5.41) is 12.4. The number of aliphatic hydroxyl groups is 1. The van der Waals surface area contributed by atoms with Crippen molar-refractivity contribution >= 4 is 17.3 Å². The van der Waals surface area contributed by atoms with Gasteiger partial charge in [-0.1, -0.05) is 6.07 Å². The summed E-state index contributed by atoms with van der Waals surface area (Å²) in [5.74, 6) is -0.336. The molecular weight excluding hydrogens is 254 g/mol. The first kappa shape index (κ1) is 13.4. The predicted molar refractivity (Wildman–Crippen MR) is 79.0 cm³/mol. The van der Waals surface area contributed by atoms with Gasteiger partial charge in [0.1, 0.15) is 0 Å². The Kier molecular flexibility index (Phi) is 3.63. The molecule has 20 heavy (non-hydrogen) atoms. The zero-order valence-corrected chi connectivity index (χ0v) is 11.8.